The summed E-state index contributed by atoms with van der Waals surface area (Å²) < 4.78 is 35.1. The van der Waals surface area contributed by atoms with E-state index in [0.29, 0.717) is 42.3 Å². The van der Waals surface area contributed by atoms with Gasteiger partial charge in [0, 0.05) is 36.3 Å². The molecular formula is C20H29N5O4S. The first-order valence-electron chi connectivity index (χ1n) is 10.7. The van der Waals surface area contributed by atoms with Gasteiger partial charge in [0.05, 0.1) is 19.3 Å². The number of hydrogen-bond acceptors (Lipinski definition) is 7. The number of hydrogen-bond donors (Lipinski definition) is 2. The summed E-state index contributed by atoms with van der Waals surface area (Å²) in [6.45, 7) is 3.98. The van der Waals surface area contributed by atoms with E-state index in [9.17, 15) is 18.3 Å². The number of nitrogens with one attached hydrogen (secondary N) is 1. The van der Waals surface area contributed by atoms with Gasteiger partial charge in [-0.3, -0.25) is 9.36 Å². The van der Waals surface area contributed by atoms with E-state index in [1.54, 1.807) is 30.7 Å². The highest BCUT2D eigenvalue weighted by atomic mass is 32.2. The predicted octanol–water partition coefficient (Wildman–Crippen LogP) is 1.41. The molecule has 2 N–H and O–H groups in total. The van der Waals surface area contributed by atoms with Crippen molar-refractivity contribution in [2.45, 2.75) is 63.6 Å². The topological polar surface area (TPSA) is 117 Å². The first kappa shape index (κ1) is 19.9. The molecule has 1 aliphatic heterocycles. The molecule has 10 heteroatoms. The van der Waals surface area contributed by atoms with Gasteiger partial charge in [0.2, 0.25) is 16.0 Å². The van der Waals surface area contributed by atoms with Crippen LogP contribution in [0.5, 0.6) is 0 Å². The molecule has 0 bridgehead atoms. The third-order valence-electron chi connectivity index (χ3n) is 6.23. The summed E-state index contributed by atoms with van der Waals surface area (Å²) in [7, 11) is -3.28. The summed E-state index contributed by atoms with van der Waals surface area (Å²) in [4.78, 5) is 21.9. The van der Waals surface area contributed by atoms with E-state index in [-0.39, 0.29) is 30.6 Å². The van der Waals surface area contributed by atoms with Crippen molar-refractivity contribution in [1.82, 2.24) is 18.8 Å². The minimum absolute atomic E-state index is 0.189. The number of nitrogens with zero attached hydrogens (tertiary/aromatic N) is 4. The molecule has 4 rings (SSSR count). The molecule has 0 amide bonds. The van der Waals surface area contributed by atoms with Crippen molar-refractivity contribution in [3.8, 4) is 0 Å². The SMILES string of the molecule is [2H]C1(Nc2ncc3cc(C)c(=O)n([C@@H]4CCC[C@@]4(C)O)c3n2)CCN(S(C)(=O)=O)CC1. The minimum Gasteiger partial charge on any atom is -0.388 e. The monoisotopic (exact) mass is 436 g/mol. The Kier molecular flexibility index (Phi) is 5.03. The number of sulfonamides is 1. The molecule has 1 aliphatic carbocycles. The van der Waals surface area contributed by atoms with Crippen molar-refractivity contribution in [3.05, 3.63) is 28.2 Å². The number of aryl methyl sites for hydroxylation is 1. The standard InChI is InChI=1S/C20H29N5O4S/c1-13-11-14-12-21-19(22-15-6-9-24(10-7-15)30(3,28)29)23-17(14)25(18(13)26)16-5-4-8-20(16,2)27/h11-12,15-16,27H,4-10H2,1-3H3,(H,21,22,23)/t16-,20-/m1/s1/i15D. The lowest BCUT2D eigenvalue weighted by atomic mass is 9.99. The molecule has 30 heavy (non-hydrogen) atoms. The second-order valence-corrected chi connectivity index (χ2v) is 10.6. The Balaban J connectivity index is 1.69. The number of piperidine rings is 1. The van der Waals surface area contributed by atoms with E-state index in [4.69, 9.17) is 1.37 Å². The molecule has 0 unspecified atom stereocenters. The van der Waals surface area contributed by atoms with Crippen LogP contribution in [-0.2, 0) is 10.0 Å². The summed E-state index contributed by atoms with van der Waals surface area (Å²) >= 11 is 0. The summed E-state index contributed by atoms with van der Waals surface area (Å²) in [5, 5.41) is 14.6. The molecule has 2 aromatic heterocycles. The highest BCUT2D eigenvalue weighted by Crippen LogP contribution is 2.39. The first-order valence-corrected chi connectivity index (χ1v) is 12.1. The Hall–Kier alpha value is -2.04. The van der Waals surface area contributed by atoms with Crippen molar-refractivity contribution < 1.29 is 14.9 Å². The van der Waals surface area contributed by atoms with Crippen molar-refractivity contribution in [2.75, 3.05) is 24.7 Å². The normalized spacial score (nSPS) is 27.9. The van der Waals surface area contributed by atoms with E-state index in [0.717, 1.165) is 6.42 Å². The lowest BCUT2D eigenvalue weighted by molar-refractivity contribution is 0.0266. The van der Waals surface area contributed by atoms with Crippen LogP contribution in [0.25, 0.3) is 11.0 Å². The molecule has 2 atom stereocenters. The number of pyridine rings is 1. The Bertz CT molecular complexity index is 1170. The van der Waals surface area contributed by atoms with Gasteiger partial charge in [-0.2, -0.15) is 4.98 Å². The molecule has 0 radical (unpaired) electrons. The Morgan fingerprint density at radius 2 is 2.03 bits per heavy atom. The van der Waals surface area contributed by atoms with Crippen molar-refractivity contribution in [3.63, 3.8) is 0 Å². The average Bonchev–Trinajstić information content (AvgIpc) is 3.01. The van der Waals surface area contributed by atoms with Gasteiger partial charge in [0.15, 0.2) is 0 Å². The van der Waals surface area contributed by atoms with Gasteiger partial charge in [-0.05, 0) is 52.0 Å². The summed E-state index contributed by atoms with van der Waals surface area (Å²) in [5.41, 5.74) is -0.202. The third-order valence-corrected chi connectivity index (χ3v) is 7.53. The van der Waals surface area contributed by atoms with E-state index in [1.807, 2.05) is 0 Å². The molecule has 9 nitrogen and oxygen atoms in total. The highest BCUT2D eigenvalue weighted by molar-refractivity contribution is 7.88. The Labute approximate surface area is 177 Å². The van der Waals surface area contributed by atoms with E-state index in [2.05, 4.69) is 15.3 Å². The second kappa shape index (κ2) is 7.58. The summed E-state index contributed by atoms with van der Waals surface area (Å²) in [5.74, 6) is 0.213. The predicted molar refractivity (Wildman–Crippen MR) is 115 cm³/mol. The molecule has 2 aromatic rings. The maximum Gasteiger partial charge on any atom is 0.255 e. The fraction of sp³-hybridized carbons (Fsp3) is 0.650. The zero-order valence-electron chi connectivity index (χ0n) is 18.6. The fourth-order valence-corrected chi connectivity index (χ4v) is 5.36. The van der Waals surface area contributed by atoms with Crippen LogP contribution in [0.1, 0.15) is 52.0 Å². The summed E-state index contributed by atoms with van der Waals surface area (Å²) in [6, 6.07) is 0.250. The molecule has 2 fully saturated rings. The van der Waals surface area contributed by atoms with Crippen LogP contribution in [0.3, 0.4) is 0 Å². The van der Waals surface area contributed by atoms with Gasteiger partial charge < -0.3 is 10.4 Å². The van der Waals surface area contributed by atoms with Crippen LogP contribution in [-0.4, -0.2) is 63.3 Å². The molecule has 0 spiro atoms. The number of rotatable bonds is 4. The van der Waals surface area contributed by atoms with E-state index >= 15 is 0 Å². The largest absolute Gasteiger partial charge is 0.388 e. The maximum atomic E-state index is 13.0. The highest BCUT2D eigenvalue weighted by Gasteiger charge is 2.39. The molecular weight excluding hydrogens is 406 g/mol. The van der Waals surface area contributed by atoms with Crippen LogP contribution in [0, 0.1) is 6.92 Å². The number of aromatic nitrogens is 3. The number of anilines is 1. The zero-order chi connectivity index (χ0) is 22.6. The molecule has 2 aliphatic rings. The van der Waals surface area contributed by atoms with E-state index in [1.165, 1.54) is 10.6 Å². The Morgan fingerprint density at radius 1 is 1.33 bits per heavy atom. The van der Waals surface area contributed by atoms with Crippen molar-refractivity contribution in [2.24, 2.45) is 0 Å². The van der Waals surface area contributed by atoms with Gasteiger partial charge in [-0.25, -0.2) is 17.7 Å². The lowest BCUT2D eigenvalue weighted by Crippen LogP contribution is -2.42. The van der Waals surface area contributed by atoms with Gasteiger partial charge >= 0.3 is 0 Å². The van der Waals surface area contributed by atoms with Crippen LogP contribution in [0.4, 0.5) is 5.95 Å². The van der Waals surface area contributed by atoms with Gasteiger partial charge in [0.1, 0.15) is 5.65 Å². The minimum atomic E-state index is -3.28. The number of aliphatic hydroxyl groups is 1. The van der Waals surface area contributed by atoms with Crippen LogP contribution >= 0.6 is 0 Å². The quantitative estimate of drug-likeness (QED) is 0.744. The molecule has 3 heterocycles. The molecule has 164 valence electrons. The molecule has 1 saturated heterocycles. The maximum absolute atomic E-state index is 13.0. The molecule has 0 aromatic carbocycles. The molecule has 1 saturated carbocycles. The van der Waals surface area contributed by atoms with Crippen molar-refractivity contribution in [1.29, 1.82) is 0 Å². The lowest BCUT2D eigenvalue weighted by Gasteiger charge is -2.31. The average molecular weight is 437 g/mol. The van der Waals surface area contributed by atoms with Crippen molar-refractivity contribution >= 4 is 27.0 Å². The van der Waals surface area contributed by atoms with Crippen LogP contribution < -0.4 is 10.9 Å². The Morgan fingerprint density at radius 3 is 2.63 bits per heavy atom. The first-order chi connectivity index (χ1) is 14.4. The van der Waals surface area contributed by atoms with Gasteiger partial charge in [-0.15, -0.1) is 0 Å². The zero-order valence-corrected chi connectivity index (χ0v) is 18.4. The third kappa shape index (κ3) is 3.95. The van der Waals surface area contributed by atoms with Gasteiger partial charge in [-0.1, -0.05) is 0 Å². The van der Waals surface area contributed by atoms with E-state index < -0.39 is 21.6 Å². The van der Waals surface area contributed by atoms with Crippen LogP contribution in [0.2, 0.25) is 0 Å². The summed E-state index contributed by atoms with van der Waals surface area (Å²) in [6.07, 6.45) is 5.49. The smallest absolute Gasteiger partial charge is 0.255 e. The van der Waals surface area contributed by atoms with Crippen LogP contribution in [0.15, 0.2) is 17.1 Å². The number of fused-ring (bicyclic) bond motifs is 1. The fourth-order valence-electron chi connectivity index (χ4n) is 4.52. The second-order valence-electron chi connectivity index (χ2n) is 8.63. The van der Waals surface area contributed by atoms with Gasteiger partial charge in [0.25, 0.3) is 5.56 Å².